The highest BCUT2D eigenvalue weighted by Crippen LogP contribution is 2.36. The number of benzene rings is 3. The Bertz CT molecular complexity index is 1210. The lowest BCUT2D eigenvalue weighted by Crippen LogP contribution is -2.09. The number of ether oxygens (including phenoxy) is 4. The van der Waals surface area contributed by atoms with Crippen molar-refractivity contribution in [3.8, 4) is 23.0 Å². The topological polar surface area (TPSA) is 71.1 Å². The van der Waals surface area contributed by atoms with Gasteiger partial charge in [0.25, 0.3) is 0 Å². The first-order valence-corrected chi connectivity index (χ1v) is 10.1. The van der Waals surface area contributed by atoms with E-state index in [-0.39, 0.29) is 17.3 Å². The quantitative estimate of drug-likeness (QED) is 0.280. The molecule has 0 atom stereocenters. The van der Waals surface area contributed by atoms with Crippen LogP contribution in [0.25, 0.3) is 6.08 Å². The van der Waals surface area contributed by atoms with Crippen LogP contribution in [0, 0.1) is 0 Å². The van der Waals surface area contributed by atoms with Gasteiger partial charge in [0.1, 0.15) is 23.0 Å². The average molecular weight is 481 g/mol. The van der Waals surface area contributed by atoms with Crippen molar-refractivity contribution in [1.29, 1.82) is 0 Å². The maximum Gasteiger partial charge on any atom is 0.344 e. The molecule has 3 aromatic carbocycles. The summed E-state index contributed by atoms with van der Waals surface area (Å²) in [4.78, 5) is 25.2. The number of carbonyl (C=O) groups excluding carboxylic acids is 2. The summed E-state index contributed by atoms with van der Waals surface area (Å²) >= 11 is 3.33. The highest BCUT2D eigenvalue weighted by Gasteiger charge is 2.28. The Morgan fingerprint density at radius 2 is 1.74 bits per heavy atom. The fraction of sp³-hybridized carbons (Fsp3) is 0.0833. The molecule has 31 heavy (non-hydrogen) atoms. The van der Waals surface area contributed by atoms with E-state index in [1.807, 2.05) is 0 Å². The number of ketones is 1. The summed E-state index contributed by atoms with van der Waals surface area (Å²) in [6.45, 7) is 0. The van der Waals surface area contributed by atoms with Crippen molar-refractivity contribution in [3.63, 3.8) is 0 Å². The highest BCUT2D eigenvalue weighted by atomic mass is 79.9. The third kappa shape index (κ3) is 4.18. The van der Waals surface area contributed by atoms with E-state index >= 15 is 0 Å². The van der Waals surface area contributed by atoms with E-state index in [0.717, 1.165) is 0 Å². The van der Waals surface area contributed by atoms with Crippen molar-refractivity contribution < 1.29 is 28.5 Å². The van der Waals surface area contributed by atoms with E-state index in [4.69, 9.17) is 18.9 Å². The van der Waals surface area contributed by atoms with E-state index in [0.29, 0.717) is 38.4 Å². The van der Waals surface area contributed by atoms with Crippen molar-refractivity contribution in [2.75, 3.05) is 14.2 Å². The number of fused-ring (bicyclic) bond motifs is 1. The van der Waals surface area contributed by atoms with Crippen LogP contribution in [0.15, 0.2) is 70.9 Å². The smallest absolute Gasteiger partial charge is 0.344 e. The van der Waals surface area contributed by atoms with Gasteiger partial charge in [-0.25, -0.2) is 4.79 Å². The van der Waals surface area contributed by atoms with Crippen LogP contribution in [0.3, 0.4) is 0 Å². The molecule has 0 saturated carbocycles. The van der Waals surface area contributed by atoms with Gasteiger partial charge in [-0.2, -0.15) is 0 Å². The van der Waals surface area contributed by atoms with Crippen LogP contribution in [0.2, 0.25) is 0 Å². The minimum absolute atomic E-state index is 0.146. The van der Waals surface area contributed by atoms with Crippen LogP contribution in [0.1, 0.15) is 26.3 Å². The molecule has 6 nitrogen and oxygen atoms in total. The molecule has 7 heteroatoms. The van der Waals surface area contributed by atoms with Gasteiger partial charge in [-0.1, -0.05) is 12.1 Å². The zero-order chi connectivity index (χ0) is 22.0. The lowest BCUT2D eigenvalue weighted by atomic mass is 10.1. The number of hydrogen-bond donors (Lipinski definition) is 0. The van der Waals surface area contributed by atoms with Crippen LogP contribution in [-0.2, 0) is 0 Å². The Hall–Kier alpha value is -3.58. The van der Waals surface area contributed by atoms with Gasteiger partial charge in [0.15, 0.2) is 5.76 Å². The number of hydrogen-bond acceptors (Lipinski definition) is 6. The summed E-state index contributed by atoms with van der Waals surface area (Å²) < 4.78 is 22.4. The molecule has 0 aromatic heterocycles. The lowest BCUT2D eigenvalue weighted by molar-refractivity contribution is 0.0733. The molecule has 1 aliphatic rings. The zero-order valence-electron chi connectivity index (χ0n) is 16.7. The molecule has 0 aliphatic carbocycles. The van der Waals surface area contributed by atoms with Gasteiger partial charge in [-0.15, -0.1) is 0 Å². The SMILES string of the molecule is COc1ccc(C=C2Oc3cc(OC(=O)c4ccccc4Br)ccc3C2=O)c(OC)c1. The van der Waals surface area contributed by atoms with Gasteiger partial charge in [0, 0.05) is 22.2 Å². The van der Waals surface area contributed by atoms with E-state index in [9.17, 15) is 9.59 Å². The molecule has 0 amide bonds. The number of esters is 1. The van der Waals surface area contributed by atoms with Gasteiger partial charge in [-0.05, 0) is 58.4 Å². The van der Waals surface area contributed by atoms with E-state index in [2.05, 4.69) is 15.9 Å². The second-order valence-electron chi connectivity index (χ2n) is 6.57. The zero-order valence-corrected chi connectivity index (χ0v) is 18.3. The molecule has 4 rings (SSSR count). The van der Waals surface area contributed by atoms with Gasteiger partial charge in [0.2, 0.25) is 5.78 Å². The van der Waals surface area contributed by atoms with Crippen LogP contribution in [0.4, 0.5) is 0 Å². The highest BCUT2D eigenvalue weighted by molar-refractivity contribution is 9.10. The van der Waals surface area contributed by atoms with Crippen molar-refractivity contribution in [3.05, 3.63) is 87.6 Å². The normalized spacial score (nSPS) is 13.5. The number of carbonyl (C=O) groups is 2. The first-order chi connectivity index (χ1) is 15.0. The molecule has 0 spiro atoms. The van der Waals surface area contributed by atoms with Gasteiger partial charge in [0.05, 0.1) is 25.3 Å². The fourth-order valence-electron chi connectivity index (χ4n) is 3.10. The lowest BCUT2D eigenvalue weighted by Gasteiger charge is -2.08. The summed E-state index contributed by atoms with van der Waals surface area (Å²) in [6.07, 6.45) is 1.60. The summed E-state index contributed by atoms with van der Waals surface area (Å²) in [6, 6.07) is 16.9. The first-order valence-electron chi connectivity index (χ1n) is 9.27. The number of Topliss-reactive ketones (excluding diaryl/α,β-unsaturated/α-hetero) is 1. The Kier molecular flexibility index (Phi) is 5.77. The largest absolute Gasteiger partial charge is 0.497 e. The van der Waals surface area contributed by atoms with Gasteiger partial charge < -0.3 is 18.9 Å². The maximum absolute atomic E-state index is 12.8. The fourth-order valence-corrected chi connectivity index (χ4v) is 3.55. The van der Waals surface area contributed by atoms with Crippen LogP contribution in [-0.4, -0.2) is 26.0 Å². The summed E-state index contributed by atoms with van der Waals surface area (Å²) in [5, 5.41) is 0. The molecular weight excluding hydrogens is 464 g/mol. The molecule has 0 unspecified atom stereocenters. The Morgan fingerprint density at radius 3 is 2.48 bits per heavy atom. The van der Waals surface area contributed by atoms with Crippen molar-refractivity contribution in [2.24, 2.45) is 0 Å². The number of halogens is 1. The molecule has 3 aromatic rings. The van der Waals surface area contributed by atoms with Crippen LogP contribution >= 0.6 is 15.9 Å². The maximum atomic E-state index is 12.8. The van der Waals surface area contributed by atoms with Crippen molar-refractivity contribution in [1.82, 2.24) is 0 Å². The molecule has 0 fully saturated rings. The molecule has 0 saturated heterocycles. The molecule has 1 aliphatic heterocycles. The van der Waals surface area contributed by atoms with Gasteiger partial charge >= 0.3 is 5.97 Å². The summed E-state index contributed by atoms with van der Waals surface area (Å²) in [7, 11) is 3.10. The molecular formula is C24H17BrO6. The standard InChI is InChI=1S/C24H17BrO6/c1-28-15-8-7-14(20(12-15)29-2)11-22-23(26)18-10-9-16(13-21(18)31-22)30-24(27)17-5-3-4-6-19(17)25/h3-13H,1-2H3. The predicted molar refractivity (Wildman–Crippen MR) is 118 cm³/mol. The van der Waals surface area contributed by atoms with E-state index < -0.39 is 5.97 Å². The minimum atomic E-state index is -0.518. The first kappa shape index (κ1) is 20.7. The van der Waals surface area contributed by atoms with E-state index in [1.165, 1.54) is 13.2 Å². The molecule has 0 N–H and O–H groups in total. The monoisotopic (exact) mass is 480 g/mol. The second kappa shape index (κ2) is 8.65. The Morgan fingerprint density at radius 1 is 0.968 bits per heavy atom. The molecule has 1 heterocycles. The van der Waals surface area contributed by atoms with Gasteiger partial charge in [-0.3, -0.25) is 4.79 Å². The number of allylic oxidation sites excluding steroid dienone is 1. The predicted octanol–water partition coefficient (Wildman–Crippen LogP) is 5.30. The number of rotatable bonds is 5. The molecule has 0 radical (unpaired) electrons. The Balaban J connectivity index is 1.58. The van der Waals surface area contributed by atoms with Crippen molar-refractivity contribution in [2.45, 2.75) is 0 Å². The van der Waals surface area contributed by atoms with Crippen LogP contribution in [0.5, 0.6) is 23.0 Å². The third-order valence-electron chi connectivity index (χ3n) is 4.67. The number of methoxy groups -OCH3 is 2. The molecule has 0 bridgehead atoms. The van der Waals surface area contributed by atoms with E-state index in [1.54, 1.807) is 67.8 Å². The molecule has 156 valence electrons. The second-order valence-corrected chi connectivity index (χ2v) is 7.43. The third-order valence-corrected chi connectivity index (χ3v) is 5.36. The minimum Gasteiger partial charge on any atom is -0.497 e. The summed E-state index contributed by atoms with van der Waals surface area (Å²) in [5.41, 5.74) is 1.45. The summed E-state index contributed by atoms with van der Waals surface area (Å²) in [5.74, 6) is 1.14. The Labute approximate surface area is 187 Å². The average Bonchev–Trinajstić information content (AvgIpc) is 3.08. The van der Waals surface area contributed by atoms with Crippen LogP contribution < -0.4 is 18.9 Å². The van der Waals surface area contributed by atoms with Crippen molar-refractivity contribution >= 4 is 33.8 Å².